The highest BCUT2D eigenvalue weighted by Gasteiger charge is 2.12. The first-order valence-electron chi connectivity index (χ1n) is 8.48. The van der Waals surface area contributed by atoms with Gasteiger partial charge in [-0.2, -0.15) is 0 Å². The fraction of sp³-hybridized carbons (Fsp3) is 0.200. The number of nitrogens with zero attached hydrogens (tertiary/aromatic N) is 2. The molecule has 0 bridgehead atoms. The van der Waals surface area contributed by atoms with E-state index in [-0.39, 0.29) is 17.7 Å². The minimum Gasteiger partial charge on any atom is -0.346 e. The molecule has 0 spiro atoms. The van der Waals surface area contributed by atoms with E-state index in [4.69, 9.17) is 0 Å². The Hall–Kier alpha value is -2.93. The van der Waals surface area contributed by atoms with E-state index in [1.54, 1.807) is 36.8 Å². The zero-order chi connectivity index (χ0) is 19.4. The summed E-state index contributed by atoms with van der Waals surface area (Å²) in [7, 11) is -3.09. The molecule has 3 rings (SSSR count). The molecule has 1 heterocycles. The van der Waals surface area contributed by atoms with Gasteiger partial charge in [-0.05, 0) is 42.3 Å². The maximum absolute atomic E-state index is 12.4. The van der Waals surface area contributed by atoms with Crippen molar-refractivity contribution >= 4 is 15.7 Å². The number of nitrogens with one attached hydrogen (secondary N) is 1. The van der Waals surface area contributed by atoms with Crippen LogP contribution in [0.25, 0.3) is 5.69 Å². The molecule has 1 aromatic heterocycles. The van der Waals surface area contributed by atoms with E-state index in [0.29, 0.717) is 11.1 Å². The molecule has 0 aliphatic rings. The number of sulfone groups is 1. The number of hydrogen-bond donors (Lipinski definition) is 1. The van der Waals surface area contributed by atoms with E-state index in [1.165, 1.54) is 6.26 Å². The molecule has 0 aliphatic carbocycles. The van der Waals surface area contributed by atoms with Gasteiger partial charge in [0, 0.05) is 29.9 Å². The van der Waals surface area contributed by atoms with Gasteiger partial charge in [-0.15, -0.1) is 0 Å². The third-order valence-corrected chi connectivity index (χ3v) is 5.05. The highest BCUT2D eigenvalue weighted by atomic mass is 32.2. The molecule has 2 aromatic carbocycles. The van der Waals surface area contributed by atoms with Crippen LogP contribution in [0.15, 0.2) is 67.3 Å². The van der Waals surface area contributed by atoms with Gasteiger partial charge in [-0.25, -0.2) is 13.4 Å². The van der Waals surface area contributed by atoms with E-state index < -0.39 is 9.84 Å². The van der Waals surface area contributed by atoms with Gasteiger partial charge in [0.1, 0.15) is 0 Å². The fourth-order valence-electron chi connectivity index (χ4n) is 2.77. The number of carbonyl (C=O) groups excluding carboxylic acids is 1. The minimum absolute atomic E-state index is 0.0332. The van der Waals surface area contributed by atoms with Crippen molar-refractivity contribution < 1.29 is 13.2 Å². The Morgan fingerprint density at radius 1 is 1.11 bits per heavy atom. The van der Waals surface area contributed by atoms with Crippen LogP contribution < -0.4 is 5.32 Å². The number of imidazole rings is 1. The van der Waals surface area contributed by atoms with Gasteiger partial charge in [0.05, 0.1) is 18.1 Å². The second kappa shape index (κ2) is 7.75. The quantitative estimate of drug-likeness (QED) is 0.710. The number of carbonyl (C=O) groups is 1. The number of benzene rings is 2. The zero-order valence-electron chi connectivity index (χ0n) is 15.2. The first-order chi connectivity index (χ1) is 12.8. The van der Waals surface area contributed by atoms with Crippen LogP contribution in [0.1, 0.15) is 34.5 Å². The summed E-state index contributed by atoms with van der Waals surface area (Å²) in [5, 5.41) is 2.96. The maximum Gasteiger partial charge on any atom is 0.251 e. The van der Waals surface area contributed by atoms with Crippen LogP contribution in [0, 0.1) is 0 Å². The molecule has 1 amide bonds. The Bertz CT molecular complexity index is 1010. The second-order valence-corrected chi connectivity index (χ2v) is 8.66. The van der Waals surface area contributed by atoms with Crippen LogP contribution in [-0.2, 0) is 15.6 Å². The monoisotopic (exact) mass is 383 g/mol. The SMILES string of the molecule is C[C@H](NC(=O)c1ccc(CS(C)(=O)=O)cc1)c1ccc(-n2ccnc2)cc1. The molecule has 0 unspecified atom stereocenters. The lowest BCUT2D eigenvalue weighted by molar-refractivity contribution is 0.0940. The summed E-state index contributed by atoms with van der Waals surface area (Å²) >= 11 is 0. The average Bonchev–Trinajstić information content (AvgIpc) is 3.15. The molecule has 0 saturated heterocycles. The van der Waals surface area contributed by atoms with Gasteiger partial charge >= 0.3 is 0 Å². The predicted molar refractivity (Wildman–Crippen MR) is 104 cm³/mol. The summed E-state index contributed by atoms with van der Waals surface area (Å²) in [6, 6.07) is 14.3. The molecule has 1 atom stereocenters. The van der Waals surface area contributed by atoms with Crippen molar-refractivity contribution in [3.63, 3.8) is 0 Å². The Labute approximate surface area is 158 Å². The molecule has 0 aliphatic heterocycles. The van der Waals surface area contributed by atoms with Crippen molar-refractivity contribution in [3.8, 4) is 5.69 Å². The maximum atomic E-state index is 12.4. The molecule has 0 fully saturated rings. The summed E-state index contributed by atoms with van der Waals surface area (Å²) < 4.78 is 24.6. The summed E-state index contributed by atoms with van der Waals surface area (Å²) in [6.07, 6.45) is 6.51. The van der Waals surface area contributed by atoms with Gasteiger partial charge in [-0.1, -0.05) is 24.3 Å². The van der Waals surface area contributed by atoms with Crippen molar-refractivity contribution in [2.24, 2.45) is 0 Å². The topological polar surface area (TPSA) is 81.1 Å². The third-order valence-electron chi connectivity index (χ3n) is 4.19. The average molecular weight is 383 g/mol. The van der Waals surface area contributed by atoms with E-state index in [9.17, 15) is 13.2 Å². The lowest BCUT2D eigenvalue weighted by atomic mass is 10.1. The lowest BCUT2D eigenvalue weighted by Crippen LogP contribution is -2.26. The largest absolute Gasteiger partial charge is 0.346 e. The molecule has 140 valence electrons. The van der Waals surface area contributed by atoms with Crippen molar-refractivity contribution in [2.75, 3.05) is 6.26 Å². The first kappa shape index (κ1) is 18.8. The van der Waals surface area contributed by atoms with Gasteiger partial charge < -0.3 is 9.88 Å². The summed E-state index contributed by atoms with van der Waals surface area (Å²) in [5.74, 6) is -0.235. The highest BCUT2D eigenvalue weighted by Crippen LogP contribution is 2.17. The Morgan fingerprint density at radius 2 is 1.78 bits per heavy atom. The molecule has 0 radical (unpaired) electrons. The van der Waals surface area contributed by atoms with E-state index in [1.807, 2.05) is 42.0 Å². The highest BCUT2D eigenvalue weighted by molar-refractivity contribution is 7.89. The van der Waals surface area contributed by atoms with Crippen LogP contribution in [0.3, 0.4) is 0 Å². The molecule has 7 heteroatoms. The molecule has 1 N–H and O–H groups in total. The summed E-state index contributed by atoms with van der Waals surface area (Å²) in [4.78, 5) is 16.5. The van der Waals surface area contributed by atoms with Crippen molar-refractivity contribution in [1.82, 2.24) is 14.9 Å². The first-order valence-corrected chi connectivity index (χ1v) is 10.5. The molecule has 27 heavy (non-hydrogen) atoms. The van der Waals surface area contributed by atoms with Crippen LogP contribution >= 0.6 is 0 Å². The Balaban J connectivity index is 1.65. The fourth-order valence-corrected chi connectivity index (χ4v) is 3.56. The van der Waals surface area contributed by atoms with Gasteiger partial charge in [0.25, 0.3) is 5.91 Å². The molecular weight excluding hydrogens is 362 g/mol. The number of rotatable bonds is 6. The van der Waals surface area contributed by atoms with E-state index in [2.05, 4.69) is 10.3 Å². The molecule has 3 aromatic rings. The number of hydrogen-bond acceptors (Lipinski definition) is 4. The van der Waals surface area contributed by atoms with Crippen LogP contribution in [0.5, 0.6) is 0 Å². The Morgan fingerprint density at radius 3 is 2.33 bits per heavy atom. The van der Waals surface area contributed by atoms with Crippen molar-refractivity contribution in [2.45, 2.75) is 18.7 Å². The molecular formula is C20H21N3O3S. The van der Waals surface area contributed by atoms with Crippen molar-refractivity contribution in [1.29, 1.82) is 0 Å². The van der Waals surface area contributed by atoms with E-state index in [0.717, 1.165) is 11.3 Å². The summed E-state index contributed by atoms with van der Waals surface area (Å²) in [6.45, 7) is 1.92. The minimum atomic E-state index is -3.09. The lowest BCUT2D eigenvalue weighted by Gasteiger charge is -2.15. The second-order valence-electron chi connectivity index (χ2n) is 6.52. The summed E-state index contributed by atoms with van der Waals surface area (Å²) in [5.41, 5.74) is 3.14. The van der Waals surface area contributed by atoms with Gasteiger partial charge in [0.15, 0.2) is 9.84 Å². The van der Waals surface area contributed by atoms with Crippen LogP contribution in [-0.4, -0.2) is 30.1 Å². The van der Waals surface area contributed by atoms with Gasteiger partial charge in [0.2, 0.25) is 0 Å². The normalized spacial score (nSPS) is 12.5. The Kier molecular flexibility index (Phi) is 5.41. The van der Waals surface area contributed by atoms with Gasteiger partial charge in [-0.3, -0.25) is 4.79 Å². The number of amides is 1. The standard InChI is InChI=1S/C20H21N3O3S/c1-15(17-7-9-19(10-8-17)23-12-11-21-14-23)22-20(24)18-5-3-16(4-6-18)13-27(2,25)26/h3-12,14-15H,13H2,1-2H3,(H,22,24)/t15-/m0/s1. The smallest absolute Gasteiger partial charge is 0.251 e. The molecule has 0 saturated carbocycles. The van der Waals surface area contributed by atoms with E-state index >= 15 is 0 Å². The molecule has 6 nitrogen and oxygen atoms in total. The zero-order valence-corrected chi connectivity index (χ0v) is 16.0. The third kappa shape index (κ3) is 5.04. The number of aromatic nitrogens is 2. The van der Waals surface area contributed by atoms with Crippen molar-refractivity contribution in [3.05, 3.63) is 83.9 Å². The predicted octanol–water partition coefficient (Wildman–Crippen LogP) is 2.91. The van der Waals surface area contributed by atoms with Crippen LogP contribution in [0.2, 0.25) is 0 Å². The van der Waals surface area contributed by atoms with Crippen LogP contribution in [0.4, 0.5) is 0 Å².